The summed E-state index contributed by atoms with van der Waals surface area (Å²) in [6.07, 6.45) is 3.31. The van der Waals surface area contributed by atoms with E-state index in [1.807, 2.05) is 0 Å². The van der Waals surface area contributed by atoms with Crippen molar-refractivity contribution in [3.05, 3.63) is 78.4 Å². The van der Waals surface area contributed by atoms with Gasteiger partial charge >= 0.3 is 0 Å². The minimum absolute atomic E-state index is 0.0161. The van der Waals surface area contributed by atoms with E-state index in [0.717, 1.165) is 5.56 Å². The van der Waals surface area contributed by atoms with E-state index in [1.54, 1.807) is 48.8 Å². The summed E-state index contributed by atoms with van der Waals surface area (Å²) in [5.74, 6) is -0.623. The molecule has 4 aromatic rings. The molecule has 0 aliphatic carbocycles. The molecule has 0 spiro atoms. The zero-order valence-corrected chi connectivity index (χ0v) is 12.9. The van der Waals surface area contributed by atoms with Gasteiger partial charge in [-0.05, 0) is 36.4 Å². The number of carbonyl (C=O) groups excluding carboxylic acids is 1. The second-order valence-corrected chi connectivity index (χ2v) is 5.37. The predicted octanol–water partition coefficient (Wildman–Crippen LogP) is 4.28. The van der Waals surface area contributed by atoms with Crippen molar-refractivity contribution in [1.82, 2.24) is 9.97 Å². The van der Waals surface area contributed by atoms with Gasteiger partial charge in [0.05, 0.1) is 5.56 Å². The number of rotatable bonds is 3. The smallest absolute Gasteiger partial charge is 0.258 e. The third-order valence-electron chi connectivity index (χ3n) is 3.69. The van der Waals surface area contributed by atoms with Crippen LogP contribution in [0.5, 0.6) is 0 Å². The summed E-state index contributed by atoms with van der Waals surface area (Å²) < 4.78 is 19.4. The molecule has 0 radical (unpaired) electrons. The fourth-order valence-electron chi connectivity index (χ4n) is 2.46. The lowest BCUT2D eigenvalue weighted by atomic mass is 10.2. The summed E-state index contributed by atoms with van der Waals surface area (Å²) in [6.45, 7) is 0. The second kappa shape index (κ2) is 6.16. The van der Waals surface area contributed by atoms with Gasteiger partial charge in [0.2, 0.25) is 5.89 Å². The molecule has 25 heavy (non-hydrogen) atoms. The molecule has 0 saturated carbocycles. The third-order valence-corrected chi connectivity index (χ3v) is 3.69. The highest BCUT2D eigenvalue weighted by atomic mass is 19.1. The maximum Gasteiger partial charge on any atom is 0.258 e. The standard InChI is InChI=1S/C19H12FN3O2/c20-15-4-2-1-3-14(15)18(24)22-13-5-6-16-17(11-13)25-19(23-16)12-7-9-21-10-8-12/h1-11H,(H,22,24). The van der Waals surface area contributed by atoms with Gasteiger partial charge < -0.3 is 9.73 Å². The average Bonchev–Trinajstić information content (AvgIpc) is 3.06. The lowest BCUT2D eigenvalue weighted by Crippen LogP contribution is -2.13. The molecule has 0 aliphatic rings. The highest BCUT2D eigenvalue weighted by Gasteiger charge is 2.13. The molecule has 2 aromatic carbocycles. The molecule has 5 nitrogen and oxygen atoms in total. The summed E-state index contributed by atoms with van der Waals surface area (Å²) in [4.78, 5) is 20.6. The Balaban J connectivity index is 1.63. The summed E-state index contributed by atoms with van der Waals surface area (Å²) in [5, 5.41) is 2.66. The van der Waals surface area contributed by atoms with Gasteiger partial charge in [0.25, 0.3) is 5.91 Å². The van der Waals surface area contributed by atoms with Crippen LogP contribution < -0.4 is 5.32 Å². The van der Waals surface area contributed by atoms with Crippen LogP contribution in [0, 0.1) is 5.82 Å². The molecular weight excluding hydrogens is 321 g/mol. The number of halogens is 1. The molecule has 4 rings (SSSR count). The van der Waals surface area contributed by atoms with Crippen LogP contribution in [0.3, 0.4) is 0 Å². The highest BCUT2D eigenvalue weighted by Crippen LogP contribution is 2.26. The van der Waals surface area contributed by atoms with E-state index in [1.165, 1.54) is 18.2 Å². The minimum Gasteiger partial charge on any atom is -0.436 e. The van der Waals surface area contributed by atoms with E-state index >= 15 is 0 Å². The topological polar surface area (TPSA) is 68.0 Å². The number of nitrogens with one attached hydrogen (secondary N) is 1. The number of hydrogen-bond acceptors (Lipinski definition) is 4. The van der Waals surface area contributed by atoms with Gasteiger partial charge in [-0.15, -0.1) is 0 Å². The predicted molar refractivity (Wildman–Crippen MR) is 91.6 cm³/mol. The van der Waals surface area contributed by atoms with Gasteiger partial charge in [-0.25, -0.2) is 9.37 Å². The third kappa shape index (κ3) is 2.97. The van der Waals surface area contributed by atoms with Crippen molar-refractivity contribution in [2.75, 3.05) is 5.32 Å². The quantitative estimate of drug-likeness (QED) is 0.607. The Labute approximate surface area is 142 Å². The Bertz CT molecular complexity index is 1060. The molecule has 122 valence electrons. The molecule has 2 aromatic heterocycles. The van der Waals surface area contributed by atoms with Gasteiger partial charge in [0.15, 0.2) is 5.58 Å². The van der Waals surface area contributed by atoms with Crippen molar-refractivity contribution >= 4 is 22.7 Å². The Hall–Kier alpha value is -3.54. The molecular formula is C19H12FN3O2. The van der Waals surface area contributed by atoms with Crippen molar-refractivity contribution in [3.8, 4) is 11.5 Å². The molecule has 2 heterocycles. The van der Waals surface area contributed by atoms with E-state index in [2.05, 4.69) is 15.3 Å². The molecule has 1 amide bonds. The van der Waals surface area contributed by atoms with Crippen LogP contribution in [0.25, 0.3) is 22.6 Å². The van der Waals surface area contributed by atoms with Crippen molar-refractivity contribution in [1.29, 1.82) is 0 Å². The van der Waals surface area contributed by atoms with E-state index < -0.39 is 11.7 Å². The lowest BCUT2D eigenvalue weighted by molar-refractivity contribution is 0.102. The number of anilines is 1. The van der Waals surface area contributed by atoms with E-state index in [0.29, 0.717) is 22.7 Å². The van der Waals surface area contributed by atoms with Crippen LogP contribution in [0.1, 0.15) is 10.4 Å². The number of amides is 1. The van der Waals surface area contributed by atoms with Crippen LogP contribution in [0.4, 0.5) is 10.1 Å². The summed E-state index contributed by atoms with van der Waals surface area (Å²) in [6, 6.07) is 14.5. The largest absolute Gasteiger partial charge is 0.436 e. The van der Waals surface area contributed by atoms with Crippen LogP contribution >= 0.6 is 0 Å². The van der Waals surface area contributed by atoms with Gasteiger partial charge in [-0.1, -0.05) is 12.1 Å². The van der Waals surface area contributed by atoms with Crippen molar-refractivity contribution in [3.63, 3.8) is 0 Å². The van der Waals surface area contributed by atoms with Gasteiger partial charge in [0.1, 0.15) is 11.3 Å². The SMILES string of the molecule is O=C(Nc1ccc2nc(-c3ccncc3)oc2c1)c1ccccc1F. The molecule has 6 heteroatoms. The van der Waals surface area contributed by atoms with Crippen molar-refractivity contribution < 1.29 is 13.6 Å². The Morgan fingerprint density at radius 2 is 1.84 bits per heavy atom. The zero-order valence-electron chi connectivity index (χ0n) is 12.9. The fourth-order valence-corrected chi connectivity index (χ4v) is 2.46. The number of fused-ring (bicyclic) bond motifs is 1. The number of nitrogens with zero attached hydrogens (tertiary/aromatic N) is 2. The molecule has 0 aliphatic heterocycles. The minimum atomic E-state index is -0.569. The van der Waals surface area contributed by atoms with Crippen LogP contribution in [0.2, 0.25) is 0 Å². The molecule has 0 unspecified atom stereocenters. The summed E-state index contributed by atoms with van der Waals surface area (Å²) >= 11 is 0. The molecule has 1 N–H and O–H groups in total. The van der Waals surface area contributed by atoms with Gasteiger partial charge in [0, 0.05) is 29.7 Å². The first-order chi connectivity index (χ1) is 12.2. The van der Waals surface area contributed by atoms with Crippen molar-refractivity contribution in [2.24, 2.45) is 0 Å². The van der Waals surface area contributed by atoms with Crippen molar-refractivity contribution in [2.45, 2.75) is 0 Å². The number of hydrogen-bond donors (Lipinski definition) is 1. The maximum atomic E-state index is 13.7. The molecule has 0 fully saturated rings. The number of oxazole rings is 1. The van der Waals surface area contributed by atoms with E-state index in [-0.39, 0.29) is 5.56 Å². The first-order valence-corrected chi connectivity index (χ1v) is 7.57. The highest BCUT2D eigenvalue weighted by molar-refractivity contribution is 6.05. The number of pyridine rings is 1. The molecule has 0 atom stereocenters. The monoisotopic (exact) mass is 333 g/mol. The fraction of sp³-hybridized carbons (Fsp3) is 0. The second-order valence-electron chi connectivity index (χ2n) is 5.37. The number of aromatic nitrogens is 2. The number of carbonyl (C=O) groups is 1. The average molecular weight is 333 g/mol. The Kier molecular flexibility index (Phi) is 3.70. The molecule has 0 saturated heterocycles. The number of benzene rings is 2. The van der Waals surface area contributed by atoms with E-state index in [4.69, 9.17) is 4.42 Å². The summed E-state index contributed by atoms with van der Waals surface area (Å²) in [5.41, 5.74) is 2.48. The van der Waals surface area contributed by atoms with Crippen LogP contribution in [-0.4, -0.2) is 15.9 Å². The van der Waals surface area contributed by atoms with Crippen LogP contribution in [-0.2, 0) is 0 Å². The first kappa shape index (κ1) is 15.0. The normalized spacial score (nSPS) is 10.8. The lowest BCUT2D eigenvalue weighted by Gasteiger charge is -2.05. The summed E-state index contributed by atoms with van der Waals surface area (Å²) in [7, 11) is 0. The van der Waals surface area contributed by atoms with Crippen LogP contribution in [0.15, 0.2) is 71.4 Å². The van der Waals surface area contributed by atoms with E-state index in [9.17, 15) is 9.18 Å². The maximum absolute atomic E-state index is 13.7. The van der Waals surface area contributed by atoms with Gasteiger partial charge in [-0.3, -0.25) is 9.78 Å². The zero-order chi connectivity index (χ0) is 17.2. The Morgan fingerprint density at radius 1 is 1.04 bits per heavy atom. The molecule has 0 bridgehead atoms. The van der Waals surface area contributed by atoms with Gasteiger partial charge in [-0.2, -0.15) is 0 Å². The Morgan fingerprint density at radius 3 is 2.64 bits per heavy atom. The first-order valence-electron chi connectivity index (χ1n) is 7.57.